The lowest BCUT2D eigenvalue weighted by Gasteiger charge is -2.06. The van der Waals surface area contributed by atoms with Gasteiger partial charge in [0.05, 0.1) is 16.7 Å². The molecule has 4 aromatic rings. The lowest BCUT2D eigenvalue weighted by Crippen LogP contribution is -1.98. The highest BCUT2D eigenvalue weighted by Gasteiger charge is 2.09. The van der Waals surface area contributed by atoms with Gasteiger partial charge in [0, 0.05) is 16.6 Å². The zero-order valence-electron chi connectivity index (χ0n) is 10.4. The van der Waals surface area contributed by atoms with Crippen LogP contribution in [0.15, 0.2) is 54.7 Å². The molecule has 0 unspecified atom stereocenters. The van der Waals surface area contributed by atoms with Gasteiger partial charge in [-0.2, -0.15) is 0 Å². The Kier molecular flexibility index (Phi) is 2.44. The quantitative estimate of drug-likeness (QED) is 0.535. The average Bonchev–Trinajstić information content (AvgIpc) is 2.90. The number of hydrogen-bond donors (Lipinski definition) is 0. The molecule has 20 heavy (non-hydrogen) atoms. The van der Waals surface area contributed by atoms with Crippen molar-refractivity contribution in [1.82, 2.24) is 20.0 Å². The van der Waals surface area contributed by atoms with Crippen LogP contribution < -0.4 is 0 Å². The van der Waals surface area contributed by atoms with Gasteiger partial charge in [0.1, 0.15) is 5.52 Å². The molecule has 0 aliphatic heterocycles. The van der Waals surface area contributed by atoms with E-state index in [0.717, 1.165) is 27.6 Å². The van der Waals surface area contributed by atoms with E-state index in [1.165, 1.54) is 0 Å². The predicted molar refractivity (Wildman–Crippen MR) is 79.2 cm³/mol. The Morgan fingerprint density at radius 2 is 1.85 bits per heavy atom. The van der Waals surface area contributed by atoms with Gasteiger partial charge < -0.3 is 0 Å². The monoisotopic (exact) mass is 280 g/mol. The largest absolute Gasteiger partial charge is 0.256 e. The van der Waals surface area contributed by atoms with E-state index in [-0.39, 0.29) is 0 Å². The summed E-state index contributed by atoms with van der Waals surface area (Å²) in [6.07, 6.45) is 1.77. The van der Waals surface area contributed by atoms with E-state index in [0.29, 0.717) is 5.02 Å². The summed E-state index contributed by atoms with van der Waals surface area (Å²) in [6.45, 7) is 0. The Bertz CT molecular complexity index is 929. The molecule has 5 heteroatoms. The maximum Gasteiger partial charge on any atom is 0.113 e. The van der Waals surface area contributed by atoms with E-state index in [1.54, 1.807) is 6.20 Å². The maximum atomic E-state index is 6.10. The van der Waals surface area contributed by atoms with Gasteiger partial charge in [-0.05, 0) is 36.4 Å². The Morgan fingerprint density at radius 1 is 0.950 bits per heavy atom. The smallest absolute Gasteiger partial charge is 0.113 e. The van der Waals surface area contributed by atoms with Crippen LogP contribution in [0.3, 0.4) is 0 Å². The summed E-state index contributed by atoms with van der Waals surface area (Å²) in [5.74, 6) is 0. The van der Waals surface area contributed by atoms with Gasteiger partial charge in [-0.25, -0.2) is 4.68 Å². The Hall–Kier alpha value is -2.46. The van der Waals surface area contributed by atoms with Crippen molar-refractivity contribution in [2.45, 2.75) is 0 Å². The van der Waals surface area contributed by atoms with Crippen LogP contribution >= 0.6 is 11.6 Å². The van der Waals surface area contributed by atoms with Crippen molar-refractivity contribution in [3.05, 3.63) is 59.8 Å². The topological polar surface area (TPSA) is 43.6 Å². The second kappa shape index (κ2) is 4.28. The molecule has 0 saturated heterocycles. The summed E-state index contributed by atoms with van der Waals surface area (Å²) in [6, 6.07) is 15.4. The Labute approximate surface area is 119 Å². The van der Waals surface area contributed by atoms with E-state index in [1.807, 2.05) is 53.2 Å². The van der Waals surface area contributed by atoms with Crippen LogP contribution in [0.5, 0.6) is 0 Å². The number of benzene rings is 2. The first-order valence-corrected chi connectivity index (χ1v) is 6.56. The first-order valence-electron chi connectivity index (χ1n) is 6.18. The van der Waals surface area contributed by atoms with Crippen LogP contribution in [0, 0.1) is 0 Å². The van der Waals surface area contributed by atoms with Gasteiger partial charge >= 0.3 is 0 Å². The predicted octanol–water partition coefficient (Wildman–Crippen LogP) is 3.62. The number of aromatic nitrogens is 4. The van der Waals surface area contributed by atoms with Crippen molar-refractivity contribution in [2.75, 3.05) is 0 Å². The molecule has 4 nitrogen and oxygen atoms in total. The number of hydrogen-bond acceptors (Lipinski definition) is 3. The van der Waals surface area contributed by atoms with E-state index >= 15 is 0 Å². The maximum absolute atomic E-state index is 6.10. The summed E-state index contributed by atoms with van der Waals surface area (Å²) >= 11 is 6.10. The third kappa shape index (κ3) is 1.66. The normalized spacial score (nSPS) is 11.2. The SMILES string of the molecule is Clc1ccc2nccc(-n3nnc4ccccc43)c2c1. The molecule has 0 bridgehead atoms. The van der Waals surface area contributed by atoms with Crippen LogP contribution in [0.4, 0.5) is 0 Å². The van der Waals surface area contributed by atoms with Crippen molar-refractivity contribution < 1.29 is 0 Å². The molecule has 96 valence electrons. The molecule has 0 amide bonds. The number of halogens is 1. The van der Waals surface area contributed by atoms with Crippen LogP contribution in [0.1, 0.15) is 0 Å². The molecule has 2 aromatic carbocycles. The standard InChI is InChI=1S/C15H9ClN4/c16-10-5-6-12-11(9-10)14(7-8-17-12)20-15-4-2-1-3-13(15)18-19-20/h1-9H. The third-order valence-electron chi connectivity index (χ3n) is 3.26. The lowest BCUT2D eigenvalue weighted by atomic mass is 10.2. The van der Waals surface area contributed by atoms with Crippen molar-refractivity contribution in [2.24, 2.45) is 0 Å². The number of para-hydroxylation sites is 1. The first kappa shape index (κ1) is 11.4. The molecule has 2 heterocycles. The Morgan fingerprint density at radius 3 is 2.80 bits per heavy atom. The summed E-state index contributed by atoms with van der Waals surface area (Å²) in [7, 11) is 0. The first-order chi connectivity index (χ1) is 9.83. The van der Waals surface area contributed by atoms with E-state index < -0.39 is 0 Å². The molecule has 0 radical (unpaired) electrons. The van der Waals surface area contributed by atoms with E-state index in [4.69, 9.17) is 11.6 Å². The van der Waals surface area contributed by atoms with Crippen molar-refractivity contribution >= 4 is 33.5 Å². The third-order valence-corrected chi connectivity index (χ3v) is 3.50. The number of rotatable bonds is 1. The van der Waals surface area contributed by atoms with E-state index in [2.05, 4.69) is 15.3 Å². The lowest BCUT2D eigenvalue weighted by molar-refractivity contribution is 0.828. The number of nitrogens with zero attached hydrogens (tertiary/aromatic N) is 4. The summed E-state index contributed by atoms with van der Waals surface area (Å²) in [5, 5.41) is 10.1. The van der Waals surface area contributed by atoms with Crippen LogP contribution in [-0.4, -0.2) is 20.0 Å². The van der Waals surface area contributed by atoms with Crippen LogP contribution in [-0.2, 0) is 0 Å². The molecule has 0 spiro atoms. The van der Waals surface area contributed by atoms with Crippen LogP contribution in [0.2, 0.25) is 5.02 Å². The summed E-state index contributed by atoms with van der Waals surface area (Å²) < 4.78 is 1.82. The molecule has 2 aromatic heterocycles. The number of fused-ring (bicyclic) bond motifs is 2. The molecule has 0 aliphatic rings. The minimum atomic E-state index is 0.677. The summed E-state index contributed by atoms with van der Waals surface area (Å²) in [5.41, 5.74) is 3.62. The molecular formula is C15H9ClN4. The van der Waals surface area contributed by atoms with Gasteiger partial charge in [0.2, 0.25) is 0 Å². The second-order valence-electron chi connectivity index (χ2n) is 4.48. The highest BCUT2D eigenvalue weighted by Crippen LogP contribution is 2.25. The molecule has 0 N–H and O–H groups in total. The van der Waals surface area contributed by atoms with Gasteiger partial charge in [-0.3, -0.25) is 4.98 Å². The highest BCUT2D eigenvalue weighted by atomic mass is 35.5. The molecular weight excluding hydrogens is 272 g/mol. The number of pyridine rings is 1. The van der Waals surface area contributed by atoms with Crippen molar-refractivity contribution in [3.8, 4) is 5.69 Å². The van der Waals surface area contributed by atoms with Gasteiger partial charge in [0.25, 0.3) is 0 Å². The van der Waals surface area contributed by atoms with Gasteiger partial charge in [0.15, 0.2) is 0 Å². The zero-order valence-corrected chi connectivity index (χ0v) is 11.1. The molecule has 0 saturated carbocycles. The fourth-order valence-electron chi connectivity index (χ4n) is 2.34. The minimum absolute atomic E-state index is 0.677. The molecule has 4 rings (SSSR count). The summed E-state index contributed by atoms with van der Waals surface area (Å²) in [4.78, 5) is 4.35. The highest BCUT2D eigenvalue weighted by molar-refractivity contribution is 6.31. The van der Waals surface area contributed by atoms with E-state index in [9.17, 15) is 0 Å². The van der Waals surface area contributed by atoms with Gasteiger partial charge in [-0.1, -0.05) is 28.9 Å². The average molecular weight is 281 g/mol. The fourth-order valence-corrected chi connectivity index (χ4v) is 2.51. The molecule has 0 atom stereocenters. The fraction of sp³-hybridized carbons (Fsp3) is 0. The van der Waals surface area contributed by atoms with Crippen molar-refractivity contribution in [3.63, 3.8) is 0 Å². The molecule has 0 aliphatic carbocycles. The van der Waals surface area contributed by atoms with Gasteiger partial charge in [-0.15, -0.1) is 5.10 Å². The minimum Gasteiger partial charge on any atom is -0.256 e. The van der Waals surface area contributed by atoms with Crippen molar-refractivity contribution in [1.29, 1.82) is 0 Å². The molecule has 0 fully saturated rings. The second-order valence-corrected chi connectivity index (χ2v) is 4.92. The van der Waals surface area contributed by atoms with Crippen LogP contribution in [0.25, 0.3) is 27.6 Å². The zero-order chi connectivity index (χ0) is 13.5. The Balaban J connectivity index is 2.09.